The van der Waals surface area contributed by atoms with Gasteiger partial charge in [0, 0.05) is 12.6 Å². The summed E-state index contributed by atoms with van der Waals surface area (Å²) in [5.74, 6) is -0.356. The van der Waals surface area contributed by atoms with Gasteiger partial charge in [0.2, 0.25) is 0 Å². The van der Waals surface area contributed by atoms with Gasteiger partial charge in [-0.1, -0.05) is 6.42 Å². The summed E-state index contributed by atoms with van der Waals surface area (Å²) in [4.78, 5) is 28.4. The highest BCUT2D eigenvalue weighted by atomic mass is 16.6. The number of carbonyl (C=O) groups is 2. The van der Waals surface area contributed by atoms with Gasteiger partial charge in [-0.15, -0.1) is 0 Å². The fourth-order valence-corrected chi connectivity index (χ4v) is 3.24. The molecule has 2 aliphatic heterocycles. The number of piperidine rings is 1. The van der Waals surface area contributed by atoms with Gasteiger partial charge in [0.15, 0.2) is 0 Å². The summed E-state index contributed by atoms with van der Waals surface area (Å²) < 4.78 is 10.3. The molecule has 126 valence electrons. The van der Waals surface area contributed by atoms with Gasteiger partial charge in [0.1, 0.15) is 11.6 Å². The largest absolute Gasteiger partial charge is 0.467 e. The summed E-state index contributed by atoms with van der Waals surface area (Å²) in [5.41, 5.74) is -0.568. The van der Waals surface area contributed by atoms with Gasteiger partial charge in [-0.25, -0.2) is 9.59 Å². The third kappa shape index (κ3) is 4.12. The van der Waals surface area contributed by atoms with Crippen molar-refractivity contribution < 1.29 is 19.1 Å². The van der Waals surface area contributed by atoms with Crippen molar-refractivity contribution in [2.45, 2.75) is 64.1 Å². The molecule has 2 atom stereocenters. The molecular formula is C16H28N2O4. The van der Waals surface area contributed by atoms with Crippen LogP contribution in [-0.4, -0.2) is 66.3 Å². The van der Waals surface area contributed by atoms with E-state index in [4.69, 9.17) is 9.47 Å². The summed E-state index contributed by atoms with van der Waals surface area (Å²) >= 11 is 0. The molecule has 0 saturated carbocycles. The number of nitrogens with zero attached hydrogens (tertiary/aromatic N) is 2. The van der Waals surface area contributed by atoms with Gasteiger partial charge in [-0.05, 0) is 53.1 Å². The summed E-state index contributed by atoms with van der Waals surface area (Å²) in [6.45, 7) is 8.11. The first kappa shape index (κ1) is 17.1. The van der Waals surface area contributed by atoms with E-state index in [-0.39, 0.29) is 12.0 Å². The van der Waals surface area contributed by atoms with Gasteiger partial charge in [0.25, 0.3) is 0 Å². The van der Waals surface area contributed by atoms with Gasteiger partial charge in [0.05, 0.1) is 7.11 Å². The van der Waals surface area contributed by atoms with E-state index < -0.39 is 17.7 Å². The first-order valence-corrected chi connectivity index (χ1v) is 8.13. The fraction of sp³-hybridized carbons (Fsp3) is 0.875. The number of likely N-dealkylation sites (tertiary alicyclic amines) is 2. The lowest BCUT2D eigenvalue weighted by atomic mass is 10.1. The van der Waals surface area contributed by atoms with Crippen LogP contribution in [0.15, 0.2) is 0 Å². The normalized spacial score (nSPS) is 26.8. The second kappa shape index (κ2) is 6.86. The van der Waals surface area contributed by atoms with Crippen molar-refractivity contribution in [2.24, 2.45) is 0 Å². The van der Waals surface area contributed by atoms with Crippen LogP contribution in [-0.2, 0) is 14.3 Å². The van der Waals surface area contributed by atoms with Crippen molar-refractivity contribution in [2.75, 3.05) is 26.7 Å². The predicted octanol–water partition coefficient (Wildman–Crippen LogP) is 2.02. The minimum Gasteiger partial charge on any atom is -0.467 e. The molecule has 0 spiro atoms. The molecule has 2 fully saturated rings. The zero-order chi connectivity index (χ0) is 16.3. The number of ether oxygens (including phenoxy) is 2. The number of hydrogen-bond acceptors (Lipinski definition) is 5. The third-order valence-electron chi connectivity index (χ3n) is 4.29. The highest BCUT2D eigenvalue weighted by molar-refractivity contribution is 5.82. The maximum Gasteiger partial charge on any atom is 0.411 e. The lowest BCUT2D eigenvalue weighted by Crippen LogP contribution is -2.45. The average molecular weight is 312 g/mol. The van der Waals surface area contributed by atoms with Crippen LogP contribution in [0.2, 0.25) is 0 Å². The zero-order valence-corrected chi connectivity index (χ0v) is 14.1. The number of rotatable bonds is 2. The van der Waals surface area contributed by atoms with Crippen LogP contribution in [0.5, 0.6) is 0 Å². The molecule has 6 nitrogen and oxygen atoms in total. The quantitative estimate of drug-likeness (QED) is 0.730. The van der Waals surface area contributed by atoms with E-state index in [9.17, 15) is 9.59 Å². The molecule has 0 aliphatic carbocycles. The first-order valence-electron chi connectivity index (χ1n) is 8.13. The Balaban J connectivity index is 2.07. The Bertz CT molecular complexity index is 413. The van der Waals surface area contributed by atoms with E-state index in [0.717, 1.165) is 13.1 Å². The molecular weight excluding hydrogens is 284 g/mol. The number of carbonyl (C=O) groups excluding carboxylic acids is 2. The molecule has 0 radical (unpaired) electrons. The second-order valence-corrected chi connectivity index (χ2v) is 7.16. The molecule has 2 heterocycles. The highest BCUT2D eigenvalue weighted by Crippen LogP contribution is 2.27. The summed E-state index contributed by atoms with van der Waals surface area (Å²) in [6.07, 6.45) is 3.84. The number of esters is 1. The average Bonchev–Trinajstić information content (AvgIpc) is 2.91. The summed E-state index contributed by atoms with van der Waals surface area (Å²) in [6, 6.07) is -0.316. The Labute approximate surface area is 132 Å². The van der Waals surface area contributed by atoms with Crippen LogP contribution < -0.4 is 0 Å². The smallest absolute Gasteiger partial charge is 0.411 e. The van der Waals surface area contributed by atoms with Gasteiger partial charge in [-0.2, -0.15) is 0 Å². The first-order chi connectivity index (χ1) is 10.3. The Morgan fingerprint density at radius 3 is 2.27 bits per heavy atom. The van der Waals surface area contributed by atoms with E-state index >= 15 is 0 Å². The maximum atomic E-state index is 12.4. The van der Waals surface area contributed by atoms with Crippen molar-refractivity contribution >= 4 is 12.1 Å². The zero-order valence-electron chi connectivity index (χ0n) is 14.1. The van der Waals surface area contributed by atoms with E-state index in [1.54, 1.807) is 0 Å². The second-order valence-electron chi connectivity index (χ2n) is 7.16. The monoisotopic (exact) mass is 312 g/mol. The van der Waals surface area contributed by atoms with Crippen molar-refractivity contribution in [1.82, 2.24) is 9.80 Å². The van der Waals surface area contributed by atoms with Crippen molar-refractivity contribution in [1.29, 1.82) is 0 Å². The molecule has 2 aliphatic rings. The molecule has 0 aromatic carbocycles. The van der Waals surface area contributed by atoms with Crippen LogP contribution in [0.25, 0.3) is 0 Å². The third-order valence-corrected chi connectivity index (χ3v) is 4.29. The molecule has 6 heteroatoms. The Morgan fingerprint density at radius 2 is 1.73 bits per heavy atom. The molecule has 0 bridgehead atoms. The molecule has 0 aromatic rings. The van der Waals surface area contributed by atoms with Crippen LogP contribution in [0, 0.1) is 0 Å². The molecule has 2 rings (SSSR count). The standard InChI is InChI=1S/C16H28N2O4/c1-16(2,3)22-15(20)18-11-12(10-13(18)14(19)21-4)17-8-6-5-7-9-17/h12-13H,5-11H2,1-4H3/t12?,13-/m1/s1. The number of methoxy groups -OCH3 is 1. The van der Waals surface area contributed by atoms with Crippen molar-refractivity contribution in [3.8, 4) is 0 Å². The van der Waals surface area contributed by atoms with Gasteiger partial charge >= 0.3 is 12.1 Å². The lowest BCUT2D eigenvalue weighted by molar-refractivity contribution is -0.145. The fourth-order valence-electron chi connectivity index (χ4n) is 3.24. The number of amides is 1. The SMILES string of the molecule is COC(=O)[C@H]1CC(N2CCCCC2)CN1C(=O)OC(C)(C)C. The van der Waals surface area contributed by atoms with Gasteiger partial charge < -0.3 is 9.47 Å². The minimum atomic E-state index is -0.568. The topological polar surface area (TPSA) is 59.1 Å². The van der Waals surface area contributed by atoms with Gasteiger partial charge in [-0.3, -0.25) is 9.80 Å². The van der Waals surface area contributed by atoms with Crippen LogP contribution in [0.4, 0.5) is 4.79 Å². The van der Waals surface area contributed by atoms with E-state index in [2.05, 4.69) is 4.90 Å². The highest BCUT2D eigenvalue weighted by Gasteiger charge is 2.44. The maximum absolute atomic E-state index is 12.4. The minimum absolute atomic E-state index is 0.219. The molecule has 1 unspecified atom stereocenters. The van der Waals surface area contributed by atoms with E-state index in [0.29, 0.717) is 13.0 Å². The van der Waals surface area contributed by atoms with Crippen LogP contribution >= 0.6 is 0 Å². The Kier molecular flexibility index (Phi) is 5.32. The molecule has 2 saturated heterocycles. The summed E-state index contributed by atoms with van der Waals surface area (Å²) in [7, 11) is 1.36. The van der Waals surface area contributed by atoms with E-state index in [1.807, 2.05) is 20.8 Å². The van der Waals surface area contributed by atoms with Crippen molar-refractivity contribution in [3.63, 3.8) is 0 Å². The molecule has 1 amide bonds. The molecule has 22 heavy (non-hydrogen) atoms. The van der Waals surface area contributed by atoms with E-state index in [1.165, 1.54) is 31.3 Å². The Morgan fingerprint density at radius 1 is 1.09 bits per heavy atom. The molecule has 0 N–H and O–H groups in total. The van der Waals surface area contributed by atoms with Crippen LogP contribution in [0.3, 0.4) is 0 Å². The predicted molar refractivity (Wildman–Crippen MR) is 82.6 cm³/mol. The number of hydrogen-bond donors (Lipinski definition) is 0. The lowest BCUT2D eigenvalue weighted by Gasteiger charge is -2.32. The molecule has 0 aromatic heterocycles. The summed E-state index contributed by atoms with van der Waals surface area (Å²) in [5, 5.41) is 0. The van der Waals surface area contributed by atoms with Crippen molar-refractivity contribution in [3.05, 3.63) is 0 Å². The Hall–Kier alpha value is -1.30. The van der Waals surface area contributed by atoms with Crippen LogP contribution in [0.1, 0.15) is 46.5 Å².